The van der Waals surface area contributed by atoms with Gasteiger partial charge in [0.2, 0.25) is 5.91 Å². The maximum atomic E-state index is 12.3. The molecule has 4 heteroatoms. The minimum Gasteiger partial charge on any atom is -0.341 e. The number of likely N-dealkylation sites (N-methyl/N-ethyl adjacent to an activating group) is 1. The van der Waals surface area contributed by atoms with E-state index in [1.165, 1.54) is 6.42 Å². The van der Waals surface area contributed by atoms with Crippen molar-refractivity contribution in [1.29, 1.82) is 0 Å². The molecule has 3 nitrogen and oxygen atoms in total. The number of nitrogens with one attached hydrogen (secondary N) is 1. The van der Waals surface area contributed by atoms with Gasteiger partial charge in [-0.05, 0) is 38.5 Å². The lowest BCUT2D eigenvalue weighted by molar-refractivity contribution is -0.135. The molecule has 1 N–H and O–H groups in total. The molecule has 0 aromatic carbocycles. The number of hydrogen-bond acceptors (Lipinski definition) is 3. The van der Waals surface area contributed by atoms with Gasteiger partial charge < -0.3 is 10.2 Å². The molecule has 1 rings (SSSR count). The highest BCUT2D eigenvalue weighted by molar-refractivity contribution is 7.98. The fourth-order valence-corrected chi connectivity index (χ4v) is 2.88. The van der Waals surface area contributed by atoms with Gasteiger partial charge in [-0.2, -0.15) is 11.8 Å². The summed E-state index contributed by atoms with van der Waals surface area (Å²) in [5, 5.41) is 3.35. The second-order valence-electron chi connectivity index (χ2n) is 4.80. The van der Waals surface area contributed by atoms with Crippen molar-refractivity contribution >= 4 is 17.7 Å². The van der Waals surface area contributed by atoms with E-state index in [0.29, 0.717) is 12.0 Å². The Morgan fingerprint density at radius 3 is 2.88 bits per heavy atom. The molecule has 94 valence electrons. The maximum Gasteiger partial charge on any atom is 0.239 e. The lowest BCUT2D eigenvalue weighted by Crippen LogP contribution is -2.53. The third-order valence-corrected chi connectivity index (χ3v) is 4.27. The summed E-state index contributed by atoms with van der Waals surface area (Å²) in [7, 11) is 1.92. The van der Waals surface area contributed by atoms with Crippen molar-refractivity contribution in [3.05, 3.63) is 0 Å². The number of carbonyl (C=O) groups is 1. The Kier molecular flexibility index (Phi) is 5.62. The van der Waals surface area contributed by atoms with Gasteiger partial charge in [0.15, 0.2) is 0 Å². The summed E-state index contributed by atoms with van der Waals surface area (Å²) in [6.45, 7) is 5.26. The number of amides is 1. The Balaban J connectivity index is 2.54. The van der Waals surface area contributed by atoms with Crippen molar-refractivity contribution in [2.24, 2.45) is 5.92 Å². The van der Waals surface area contributed by atoms with Crippen molar-refractivity contribution in [1.82, 2.24) is 10.2 Å². The van der Waals surface area contributed by atoms with Crippen LogP contribution < -0.4 is 5.32 Å². The molecule has 16 heavy (non-hydrogen) atoms. The van der Waals surface area contributed by atoms with E-state index >= 15 is 0 Å². The maximum absolute atomic E-state index is 12.3. The first-order valence-electron chi connectivity index (χ1n) is 6.07. The summed E-state index contributed by atoms with van der Waals surface area (Å²) in [4.78, 5) is 14.2. The third kappa shape index (κ3) is 3.39. The SMILES string of the molecule is CSCC(C)N(C)C(=O)C1NCCCC1C. The van der Waals surface area contributed by atoms with Crippen molar-refractivity contribution < 1.29 is 4.79 Å². The van der Waals surface area contributed by atoms with Crippen LogP contribution >= 0.6 is 11.8 Å². The van der Waals surface area contributed by atoms with Gasteiger partial charge in [0, 0.05) is 18.8 Å². The van der Waals surface area contributed by atoms with Crippen LogP contribution in [0.2, 0.25) is 0 Å². The lowest BCUT2D eigenvalue weighted by Gasteiger charge is -2.34. The molecule has 0 aromatic rings. The van der Waals surface area contributed by atoms with E-state index in [-0.39, 0.29) is 11.9 Å². The average molecular weight is 244 g/mol. The molecular weight excluding hydrogens is 220 g/mol. The van der Waals surface area contributed by atoms with Gasteiger partial charge in [0.05, 0.1) is 6.04 Å². The lowest BCUT2D eigenvalue weighted by atomic mass is 9.91. The van der Waals surface area contributed by atoms with Gasteiger partial charge in [0.25, 0.3) is 0 Å². The van der Waals surface area contributed by atoms with Crippen LogP contribution in [0.1, 0.15) is 26.7 Å². The van der Waals surface area contributed by atoms with Gasteiger partial charge in [-0.3, -0.25) is 4.79 Å². The van der Waals surface area contributed by atoms with Crippen LogP contribution in [0, 0.1) is 5.92 Å². The summed E-state index contributed by atoms with van der Waals surface area (Å²) in [5.74, 6) is 1.72. The molecule has 0 saturated carbocycles. The molecule has 1 fully saturated rings. The number of thioether (sulfide) groups is 1. The summed E-state index contributed by atoms with van der Waals surface area (Å²) in [5.41, 5.74) is 0. The first-order valence-corrected chi connectivity index (χ1v) is 7.46. The van der Waals surface area contributed by atoms with E-state index in [1.807, 2.05) is 11.9 Å². The third-order valence-electron chi connectivity index (χ3n) is 3.45. The zero-order valence-corrected chi connectivity index (χ0v) is 11.6. The monoisotopic (exact) mass is 244 g/mol. The van der Waals surface area contributed by atoms with Crippen LogP contribution in [0.25, 0.3) is 0 Å². The Hall–Kier alpha value is -0.220. The van der Waals surface area contributed by atoms with Crippen LogP contribution in [0.5, 0.6) is 0 Å². The largest absolute Gasteiger partial charge is 0.341 e. The number of hydrogen-bond donors (Lipinski definition) is 1. The van der Waals surface area contributed by atoms with Crippen LogP contribution in [-0.4, -0.2) is 48.5 Å². The summed E-state index contributed by atoms with van der Waals surface area (Å²) < 4.78 is 0. The normalized spacial score (nSPS) is 27.5. The molecule has 1 saturated heterocycles. The molecule has 1 amide bonds. The predicted molar refractivity (Wildman–Crippen MR) is 70.8 cm³/mol. The Labute approximate surface area is 103 Å². The van der Waals surface area contributed by atoms with Gasteiger partial charge in [-0.25, -0.2) is 0 Å². The second-order valence-corrected chi connectivity index (χ2v) is 5.72. The highest BCUT2D eigenvalue weighted by atomic mass is 32.2. The van der Waals surface area contributed by atoms with E-state index < -0.39 is 0 Å². The molecular formula is C12H24N2OS. The Bertz CT molecular complexity index is 235. The molecule has 3 atom stereocenters. The highest BCUT2D eigenvalue weighted by Crippen LogP contribution is 2.18. The van der Waals surface area contributed by atoms with Crippen molar-refractivity contribution in [3.8, 4) is 0 Å². The van der Waals surface area contributed by atoms with Crippen molar-refractivity contribution in [2.75, 3.05) is 25.6 Å². The van der Waals surface area contributed by atoms with Gasteiger partial charge in [-0.1, -0.05) is 6.92 Å². The minimum atomic E-state index is 0.0306. The summed E-state index contributed by atoms with van der Waals surface area (Å²) in [6.07, 6.45) is 4.43. The van der Waals surface area contributed by atoms with Crippen molar-refractivity contribution in [3.63, 3.8) is 0 Å². The van der Waals surface area contributed by atoms with Crippen molar-refractivity contribution in [2.45, 2.75) is 38.8 Å². The Morgan fingerprint density at radius 2 is 2.31 bits per heavy atom. The fraction of sp³-hybridized carbons (Fsp3) is 0.917. The summed E-state index contributed by atoms with van der Waals surface area (Å²) >= 11 is 1.79. The first kappa shape index (κ1) is 13.8. The van der Waals surface area contributed by atoms with Crippen LogP contribution in [-0.2, 0) is 4.79 Å². The molecule has 0 bridgehead atoms. The molecule has 1 aliphatic rings. The molecule has 0 aliphatic carbocycles. The molecule has 0 aromatic heterocycles. The molecule has 3 unspecified atom stereocenters. The van der Waals surface area contributed by atoms with Gasteiger partial charge in [0.1, 0.15) is 0 Å². The van der Waals surface area contributed by atoms with Gasteiger partial charge in [-0.15, -0.1) is 0 Å². The zero-order chi connectivity index (χ0) is 12.1. The summed E-state index contributed by atoms with van der Waals surface area (Å²) in [6, 6.07) is 0.349. The van der Waals surface area contributed by atoms with E-state index in [9.17, 15) is 4.79 Å². The van der Waals surface area contributed by atoms with Crippen LogP contribution in [0.3, 0.4) is 0 Å². The molecule has 0 spiro atoms. The van der Waals surface area contributed by atoms with Crippen LogP contribution in [0.4, 0.5) is 0 Å². The average Bonchev–Trinajstić information content (AvgIpc) is 2.28. The van der Waals surface area contributed by atoms with E-state index in [1.54, 1.807) is 11.8 Å². The minimum absolute atomic E-state index is 0.0306. The number of nitrogens with zero attached hydrogens (tertiary/aromatic N) is 1. The standard InChI is InChI=1S/C12H24N2OS/c1-9-6-5-7-13-11(9)12(15)14(3)10(2)8-16-4/h9-11,13H,5-8H2,1-4H3. The number of piperidine rings is 1. The van der Waals surface area contributed by atoms with E-state index in [4.69, 9.17) is 0 Å². The van der Waals surface area contributed by atoms with E-state index in [0.717, 1.165) is 18.7 Å². The Morgan fingerprint density at radius 1 is 1.62 bits per heavy atom. The number of rotatable bonds is 4. The topological polar surface area (TPSA) is 32.3 Å². The molecule has 0 radical (unpaired) electrons. The predicted octanol–water partition coefficient (Wildman–Crippen LogP) is 1.58. The highest BCUT2D eigenvalue weighted by Gasteiger charge is 2.30. The molecule has 1 heterocycles. The zero-order valence-electron chi connectivity index (χ0n) is 10.8. The van der Waals surface area contributed by atoms with Gasteiger partial charge >= 0.3 is 0 Å². The van der Waals surface area contributed by atoms with Crippen LogP contribution in [0.15, 0.2) is 0 Å². The number of carbonyl (C=O) groups excluding carboxylic acids is 1. The second kappa shape index (κ2) is 6.50. The quantitative estimate of drug-likeness (QED) is 0.815. The first-order chi connectivity index (χ1) is 7.57. The smallest absolute Gasteiger partial charge is 0.239 e. The van der Waals surface area contributed by atoms with E-state index in [2.05, 4.69) is 25.4 Å². The molecule has 1 aliphatic heterocycles. The fourth-order valence-electron chi connectivity index (χ4n) is 2.17.